The maximum Gasteiger partial charge on any atom is 0.254 e. The molecule has 1 N–H and O–H groups in total. The highest BCUT2D eigenvalue weighted by molar-refractivity contribution is 5.84. The number of benzene rings is 1. The minimum atomic E-state index is -1.33. The molecule has 1 saturated heterocycles. The summed E-state index contributed by atoms with van der Waals surface area (Å²) >= 11 is 0. The Hall–Kier alpha value is -2.18. The standard InChI is InChI=1S/C19H25N3O3/c1-19(24,9-7-16-5-3-2-4-6-16)18(23)22-12-10-21(11-13-22)15-17-8-14-25-20-17/h2-6,8,14,24H,7,9-13,15H2,1H3/t19-/m0/s1. The highest BCUT2D eigenvalue weighted by Crippen LogP contribution is 2.19. The molecule has 3 rings (SSSR count). The predicted octanol–water partition coefficient (Wildman–Crippen LogP) is 1.70. The summed E-state index contributed by atoms with van der Waals surface area (Å²) in [7, 11) is 0. The van der Waals surface area contributed by atoms with Gasteiger partial charge in [-0.15, -0.1) is 0 Å². The summed E-state index contributed by atoms with van der Waals surface area (Å²) in [4.78, 5) is 16.7. The molecule has 0 unspecified atom stereocenters. The number of aliphatic hydroxyl groups is 1. The number of piperazine rings is 1. The molecule has 25 heavy (non-hydrogen) atoms. The van der Waals surface area contributed by atoms with Gasteiger partial charge in [0, 0.05) is 38.8 Å². The van der Waals surface area contributed by atoms with Crippen LogP contribution in [0.2, 0.25) is 0 Å². The smallest absolute Gasteiger partial charge is 0.254 e. The third kappa shape index (κ3) is 4.67. The molecule has 0 aliphatic carbocycles. The molecule has 2 aromatic rings. The maximum absolute atomic E-state index is 12.7. The number of carbonyl (C=O) groups excluding carboxylic acids is 1. The molecule has 1 atom stereocenters. The molecule has 2 heterocycles. The number of rotatable bonds is 6. The van der Waals surface area contributed by atoms with Crippen molar-refractivity contribution in [2.45, 2.75) is 31.9 Å². The molecule has 0 saturated carbocycles. The molecule has 6 heteroatoms. The van der Waals surface area contributed by atoms with E-state index < -0.39 is 5.60 Å². The van der Waals surface area contributed by atoms with Crippen molar-refractivity contribution >= 4 is 5.91 Å². The molecule has 1 amide bonds. The van der Waals surface area contributed by atoms with Crippen molar-refractivity contribution in [2.24, 2.45) is 0 Å². The Kier molecular flexibility index (Phi) is 5.50. The van der Waals surface area contributed by atoms with E-state index in [4.69, 9.17) is 4.52 Å². The van der Waals surface area contributed by atoms with Crippen LogP contribution < -0.4 is 0 Å². The SMILES string of the molecule is C[C@](O)(CCc1ccccc1)C(=O)N1CCN(Cc2ccon2)CC1. The summed E-state index contributed by atoms with van der Waals surface area (Å²) < 4.78 is 4.85. The first-order chi connectivity index (χ1) is 12.0. The molecule has 134 valence electrons. The number of carbonyl (C=O) groups is 1. The van der Waals surface area contributed by atoms with Crippen LogP contribution in [-0.4, -0.2) is 57.8 Å². The number of hydrogen-bond donors (Lipinski definition) is 1. The topological polar surface area (TPSA) is 69.8 Å². The molecule has 0 spiro atoms. The summed E-state index contributed by atoms with van der Waals surface area (Å²) in [6, 6.07) is 11.8. The molecular formula is C19H25N3O3. The zero-order valence-corrected chi connectivity index (χ0v) is 14.6. The van der Waals surface area contributed by atoms with Gasteiger partial charge in [-0.1, -0.05) is 35.5 Å². The summed E-state index contributed by atoms with van der Waals surface area (Å²) in [5, 5.41) is 14.6. The van der Waals surface area contributed by atoms with Gasteiger partial charge in [0.2, 0.25) is 0 Å². The van der Waals surface area contributed by atoms with Gasteiger partial charge in [-0.2, -0.15) is 0 Å². The average Bonchev–Trinajstić information content (AvgIpc) is 3.14. The Balaban J connectivity index is 1.49. The normalized spacial score (nSPS) is 18.1. The lowest BCUT2D eigenvalue weighted by atomic mass is 9.95. The molecule has 1 fully saturated rings. The van der Waals surface area contributed by atoms with Crippen molar-refractivity contribution in [3.05, 3.63) is 53.9 Å². The van der Waals surface area contributed by atoms with Crippen LogP contribution in [0.15, 0.2) is 47.2 Å². The number of hydrogen-bond acceptors (Lipinski definition) is 5. The highest BCUT2D eigenvalue weighted by atomic mass is 16.5. The lowest BCUT2D eigenvalue weighted by Crippen LogP contribution is -2.54. The Morgan fingerprint density at radius 1 is 1.20 bits per heavy atom. The van der Waals surface area contributed by atoms with Crippen LogP contribution in [0, 0.1) is 0 Å². The minimum absolute atomic E-state index is 0.176. The molecule has 1 aromatic carbocycles. The van der Waals surface area contributed by atoms with Crippen LogP contribution >= 0.6 is 0 Å². The number of aryl methyl sites for hydroxylation is 1. The Morgan fingerprint density at radius 3 is 2.56 bits per heavy atom. The second-order valence-corrected chi connectivity index (χ2v) is 6.82. The molecule has 1 aliphatic heterocycles. The van der Waals surface area contributed by atoms with Gasteiger partial charge in [0.15, 0.2) is 0 Å². The quantitative estimate of drug-likeness (QED) is 0.865. The van der Waals surface area contributed by atoms with E-state index in [-0.39, 0.29) is 5.91 Å². The third-order valence-corrected chi connectivity index (χ3v) is 4.74. The summed E-state index contributed by atoms with van der Waals surface area (Å²) in [6.45, 7) is 5.14. The van der Waals surface area contributed by atoms with Crippen molar-refractivity contribution < 1.29 is 14.4 Å². The summed E-state index contributed by atoms with van der Waals surface area (Å²) in [5.74, 6) is -0.176. The Morgan fingerprint density at radius 2 is 1.92 bits per heavy atom. The van der Waals surface area contributed by atoms with Crippen molar-refractivity contribution in [3.63, 3.8) is 0 Å². The van der Waals surface area contributed by atoms with Crippen LogP contribution in [0.25, 0.3) is 0 Å². The van der Waals surface area contributed by atoms with E-state index in [1.807, 2.05) is 36.4 Å². The van der Waals surface area contributed by atoms with Crippen molar-refractivity contribution in [1.29, 1.82) is 0 Å². The van der Waals surface area contributed by atoms with E-state index in [1.165, 1.54) is 0 Å². The van der Waals surface area contributed by atoms with Crippen LogP contribution in [0.4, 0.5) is 0 Å². The van der Waals surface area contributed by atoms with E-state index in [9.17, 15) is 9.90 Å². The zero-order chi connectivity index (χ0) is 17.7. The fourth-order valence-electron chi connectivity index (χ4n) is 3.14. The third-order valence-electron chi connectivity index (χ3n) is 4.74. The van der Waals surface area contributed by atoms with Crippen LogP contribution in [0.5, 0.6) is 0 Å². The zero-order valence-electron chi connectivity index (χ0n) is 14.6. The molecule has 0 radical (unpaired) electrons. The van der Waals surface area contributed by atoms with E-state index in [0.717, 1.165) is 30.9 Å². The maximum atomic E-state index is 12.7. The number of amides is 1. The van der Waals surface area contributed by atoms with Gasteiger partial charge in [-0.3, -0.25) is 9.69 Å². The monoisotopic (exact) mass is 343 g/mol. The summed E-state index contributed by atoms with van der Waals surface area (Å²) in [5.41, 5.74) is 0.701. The van der Waals surface area contributed by atoms with Crippen LogP contribution in [0.1, 0.15) is 24.6 Å². The van der Waals surface area contributed by atoms with Crippen molar-refractivity contribution in [3.8, 4) is 0 Å². The molecule has 6 nitrogen and oxygen atoms in total. The van der Waals surface area contributed by atoms with Gasteiger partial charge < -0.3 is 14.5 Å². The van der Waals surface area contributed by atoms with Crippen molar-refractivity contribution in [1.82, 2.24) is 15.0 Å². The van der Waals surface area contributed by atoms with Crippen LogP contribution in [0.3, 0.4) is 0 Å². The van der Waals surface area contributed by atoms with Gasteiger partial charge in [0.1, 0.15) is 11.9 Å². The second-order valence-electron chi connectivity index (χ2n) is 6.82. The molecule has 1 aromatic heterocycles. The summed E-state index contributed by atoms with van der Waals surface area (Å²) in [6.07, 6.45) is 2.68. The average molecular weight is 343 g/mol. The van der Waals surface area contributed by atoms with E-state index >= 15 is 0 Å². The van der Waals surface area contributed by atoms with E-state index in [0.29, 0.717) is 25.9 Å². The van der Waals surface area contributed by atoms with Crippen molar-refractivity contribution in [2.75, 3.05) is 26.2 Å². The van der Waals surface area contributed by atoms with Gasteiger partial charge >= 0.3 is 0 Å². The first-order valence-corrected chi connectivity index (χ1v) is 8.72. The Labute approximate surface area is 148 Å². The number of aromatic nitrogens is 1. The molecule has 0 bridgehead atoms. The fraction of sp³-hybridized carbons (Fsp3) is 0.474. The lowest BCUT2D eigenvalue weighted by Gasteiger charge is -2.37. The molecular weight excluding hydrogens is 318 g/mol. The number of nitrogens with zero attached hydrogens (tertiary/aromatic N) is 3. The van der Waals surface area contributed by atoms with Gasteiger partial charge in [0.05, 0.1) is 5.69 Å². The van der Waals surface area contributed by atoms with Gasteiger partial charge in [-0.05, 0) is 25.3 Å². The second kappa shape index (κ2) is 7.80. The lowest BCUT2D eigenvalue weighted by molar-refractivity contribution is -0.152. The first-order valence-electron chi connectivity index (χ1n) is 8.72. The first kappa shape index (κ1) is 17.6. The van der Waals surface area contributed by atoms with E-state index in [1.54, 1.807) is 18.1 Å². The van der Waals surface area contributed by atoms with Gasteiger partial charge in [-0.25, -0.2) is 0 Å². The molecule has 1 aliphatic rings. The fourth-order valence-corrected chi connectivity index (χ4v) is 3.14. The highest BCUT2D eigenvalue weighted by Gasteiger charge is 2.35. The van der Waals surface area contributed by atoms with E-state index in [2.05, 4.69) is 10.1 Å². The predicted molar refractivity (Wildman–Crippen MR) is 93.7 cm³/mol. The largest absolute Gasteiger partial charge is 0.380 e. The van der Waals surface area contributed by atoms with Gasteiger partial charge in [0.25, 0.3) is 5.91 Å². The Bertz CT molecular complexity index is 662. The minimum Gasteiger partial charge on any atom is -0.380 e. The van der Waals surface area contributed by atoms with Crippen LogP contribution in [-0.2, 0) is 17.8 Å².